The van der Waals surface area contributed by atoms with E-state index in [1.165, 1.54) is 21.6 Å². The van der Waals surface area contributed by atoms with Gasteiger partial charge in [-0.15, -0.1) is 5.06 Å². The lowest BCUT2D eigenvalue weighted by molar-refractivity contribution is -0.172. The Bertz CT molecular complexity index is 811. The molecule has 0 spiro atoms. The van der Waals surface area contributed by atoms with Crippen LogP contribution in [0.3, 0.4) is 0 Å². The minimum absolute atomic E-state index is 0.0713. The van der Waals surface area contributed by atoms with Crippen molar-refractivity contribution < 1.29 is 19.2 Å². The molecule has 0 aliphatic carbocycles. The van der Waals surface area contributed by atoms with Crippen LogP contribution in [0.2, 0.25) is 0 Å². The number of rotatable bonds is 5. The Labute approximate surface area is 152 Å². The molecule has 0 saturated carbocycles. The number of hydrogen-bond donors (Lipinski definition) is 0. The molecule has 1 aromatic carbocycles. The molecule has 0 N–H and O–H groups in total. The zero-order valence-electron chi connectivity index (χ0n) is 13.3. The largest absolute Gasteiger partial charge is 0.363 e. The first kappa shape index (κ1) is 17.5. The molecule has 1 aliphatic heterocycles. The fourth-order valence-electron chi connectivity index (χ4n) is 2.09. The number of benzene rings is 1. The molecule has 3 rings (SSSR count). The predicted molar refractivity (Wildman–Crippen MR) is 93.6 cm³/mol. The summed E-state index contributed by atoms with van der Waals surface area (Å²) in [6, 6.07) is 10.7. The highest BCUT2D eigenvalue weighted by atomic mass is 33.1. The summed E-state index contributed by atoms with van der Waals surface area (Å²) in [5.74, 6) is -1.72. The van der Waals surface area contributed by atoms with Crippen LogP contribution in [0, 0.1) is 6.92 Å². The molecule has 2 aromatic rings. The zero-order valence-corrected chi connectivity index (χ0v) is 14.9. The van der Waals surface area contributed by atoms with E-state index in [9.17, 15) is 14.4 Å². The maximum atomic E-state index is 12.2. The van der Waals surface area contributed by atoms with Gasteiger partial charge in [-0.3, -0.25) is 9.59 Å². The van der Waals surface area contributed by atoms with Gasteiger partial charge in [-0.1, -0.05) is 22.9 Å². The van der Waals surface area contributed by atoms with Crippen LogP contribution in [0.1, 0.15) is 28.8 Å². The number of hydrogen-bond acceptors (Lipinski definition) is 7. The third-order valence-electron chi connectivity index (χ3n) is 3.46. The first-order valence-corrected chi connectivity index (χ1v) is 9.64. The average molecular weight is 374 g/mol. The van der Waals surface area contributed by atoms with Crippen LogP contribution < -0.4 is 0 Å². The lowest BCUT2D eigenvalue weighted by Crippen LogP contribution is -2.32. The maximum Gasteiger partial charge on any atom is 0.363 e. The molecule has 0 radical (unpaired) electrons. The third kappa shape index (κ3) is 4.21. The fourth-order valence-corrected chi connectivity index (χ4v) is 4.24. The van der Waals surface area contributed by atoms with E-state index in [1.54, 1.807) is 24.4 Å². The van der Waals surface area contributed by atoms with E-state index in [2.05, 4.69) is 4.98 Å². The topological polar surface area (TPSA) is 76.6 Å². The Morgan fingerprint density at radius 3 is 2.56 bits per heavy atom. The molecular formula is C17H14N2O4S2. The van der Waals surface area contributed by atoms with E-state index >= 15 is 0 Å². The van der Waals surface area contributed by atoms with Crippen molar-refractivity contribution in [3.05, 3.63) is 53.7 Å². The van der Waals surface area contributed by atoms with E-state index in [-0.39, 0.29) is 18.4 Å². The average Bonchev–Trinajstić information content (AvgIpc) is 2.94. The second kappa shape index (κ2) is 7.71. The lowest BCUT2D eigenvalue weighted by atomic mass is 10.1. The molecule has 25 heavy (non-hydrogen) atoms. The fraction of sp³-hybridized carbons (Fsp3) is 0.176. The Morgan fingerprint density at radius 2 is 1.88 bits per heavy atom. The van der Waals surface area contributed by atoms with Crippen LogP contribution in [-0.2, 0) is 14.4 Å². The van der Waals surface area contributed by atoms with Crippen molar-refractivity contribution in [3.63, 3.8) is 0 Å². The molecule has 0 atom stereocenters. The van der Waals surface area contributed by atoms with Crippen molar-refractivity contribution in [2.24, 2.45) is 0 Å². The SMILES string of the molecule is Cc1ccc(C(=O)ON2C(=O)CCC2=O)cc1SSc1ccccn1. The highest BCUT2D eigenvalue weighted by molar-refractivity contribution is 8.76. The van der Waals surface area contributed by atoms with Crippen LogP contribution in [0.15, 0.2) is 52.5 Å². The van der Waals surface area contributed by atoms with Crippen molar-refractivity contribution in [2.45, 2.75) is 29.7 Å². The summed E-state index contributed by atoms with van der Waals surface area (Å²) in [6.45, 7) is 1.93. The van der Waals surface area contributed by atoms with Gasteiger partial charge < -0.3 is 4.84 Å². The van der Waals surface area contributed by atoms with E-state index in [1.807, 2.05) is 25.1 Å². The molecule has 0 bridgehead atoms. The van der Waals surface area contributed by atoms with Crippen molar-refractivity contribution in [3.8, 4) is 0 Å². The van der Waals surface area contributed by atoms with Gasteiger partial charge in [0.25, 0.3) is 11.8 Å². The minimum atomic E-state index is -0.728. The van der Waals surface area contributed by atoms with Crippen molar-refractivity contribution in [1.29, 1.82) is 0 Å². The molecule has 2 amide bonds. The summed E-state index contributed by atoms with van der Waals surface area (Å²) in [5.41, 5.74) is 1.28. The van der Waals surface area contributed by atoms with Gasteiger partial charge in [0, 0.05) is 23.9 Å². The molecule has 8 heteroatoms. The quantitative estimate of drug-likeness (QED) is 0.586. The predicted octanol–water partition coefficient (Wildman–Crippen LogP) is 3.41. The van der Waals surface area contributed by atoms with Gasteiger partial charge in [-0.05, 0) is 47.5 Å². The molecule has 0 unspecified atom stereocenters. The summed E-state index contributed by atoms with van der Waals surface area (Å²) in [7, 11) is 2.95. The Morgan fingerprint density at radius 1 is 1.12 bits per heavy atom. The smallest absolute Gasteiger partial charge is 0.325 e. The Hall–Kier alpha value is -2.32. The van der Waals surface area contributed by atoms with Crippen LogP contribution in [-0.4, -0.2) is 27.8 Å². The second-order valence-corrected chi connectivity index (χ2v) is 7.47. The van der Waals surface area contributed by atoms with Crippen molar-refractivity contribution >= 4 is 39.4 Å². The van der Waals surface area contributed by atoms with Gasteiger partial charge in [-0.2, -0.15) is 0 Å². The Kier molecular flexibility index (Phi) is 5.40. The summed E-state index contributed by atoms with van der Waals surface area (Å²) in [4.78, 5) is 45.4. The number of hydroxylamine groups is 2. The van der Waals surface area contributed by atoms with Crippen molar-refractivity contribution in [1.82, 2.24) is 10.0 Å². The summed E-state index contributed by atoms with van der Waals surface area (Å²) >= 11 is 0. The zero-order chi connectivity index (χ0) is 17.8. The monoisotopic (exact) mass is 374 g/mol. The molecule has 1 fully saturated rings. The first-order chi connectivity index (χ1) is 12.0. The van der Waals surface area contributed by atoms with Gasteiger partial charge in [0.2, 0.25) is 0 Å². The number of pyridine rings is 1. The maximum absolute atomic E-state index is 12.2. The molecule has 128 valence electrons. The molecule has 1 saturated heterocycles. The lowest BCUT2D eigenvalue weighted by Gasteiger charge is -2.13. The van der Waals surface area contributed by atoms with Crippen LogP contribution in [0.5, 0.6) is 0 Å². The highest BCUT2D eigenvalue weighted by Gasteiger charge is 2.33. The highest BCUT2D eigenvalue weighted by Crippen LogP contribution is 2.38. The van der Waals surface area contributed by atoms with Crippen molar-refractivity contribution in [2.75, 3.05) is 0 Å². The number of aryl methyl sites for hydroxylation is 1. The first-order valence-electron chi connectivity index (χ1n) is 7.49. The number of amides is 2. The second-order valence-electron chi connectivity index (χ2n) is 5.28. The third-order valence-corrected chi connectivity index (χ3v) is 5.87. The van der Waals surface area contributed by atoms with Gasteiger partial charge in [0.05, 0.1) is 5.56 Å². The van der Waals surface area contributed by atoms with Gasteiger partial charge in [0.1, 0.15) is 5.03 Å². The van der Waals surface area contributed by atoms with Crippen LogP contribution in [0.4, 0.5) is 0 Å². The Balaban J connectivity index is 1.71. The number of carbonyl (C=O) groups excluding carboxylic acids is 3. The minimum Gasteiger partial charge on any atom is -0.325 e. The molecule has 1 aromatic heterocycles. The van der Waals surface area contributed by atoms with Gasteiger partial charge >= 0.3 is 5.97 Å². The standard InChI is InChI=1S/C17H14N2O4S2/c1-11-5-6-12(17(22)23-19-15(20)7-8-16(19)21)10-13(11)24-25-14-4-2-3-9-18-14/h2-6,9-10H,7-8H2,1H3. The molecular weight excluding hydrogens is 360 g/mol. The number of imide groups is 1. The normalized spacial score (nSPS) is 14.0. The summed E-state index contributed by atoms with van der Waals surface area (Å²) in [5, 5.41) is 1.41. The van der Waals surface area contributed by atoms with E-state index in [4.69, 9.17) is 4.84 Å². The van der Waals surface area contributed by atoms with Crippen LogP contribution in [0.25, 0.3) is 0 Å². The van der Waals surface area contributed by atoms with Gasteiger partial charge in [-0.25, -0.2) is 9.78 Å². The number of carbonyl (C=O) groups is 3. The summed E-state index contributed by atoms with van der Waals surface area (Å²) in [6.07, 6.45) is 1.86. The molecule has 6 nitrogen and oxygen atoms in total. The number of nitrogens with zero attached hydrogens (tertiary/aromatic N) is 2. The molecule has 1 aliphatic rings. The van der Waals surface area contributed by atoms with E-state index in [0.29, 0.717) is 5.06 Å². The van der Waals surface area contributed by atoms with Crippen LogP contribution >= 0.6 is 21.6 Å². The van der Waals surface area contributed by atoms with E-state index < -0.39 is 17.8 Å². The summed E-state index contributed by atoms with van der Waals surface area (Å²) < 4.78 is 0. The molecule has 2 heterocycles. The number of aromatic nitrogens is 1. The van der Waals surface area contributed by atoms with Gasteiger partial charge in [0.15, 0.2) is 0 Å². The van der Waals surface area contributed by atoms with E-state index in [0.717, 1.165) is 15.5 Å².